The number of aromatic nitrogens is 1. The zero-order valence-corrected chi connectivity index (χ0v) is 7.85. The Morgan fingerprint density at radius 3 is 2.86 bits per heavy atom. The highest BCUT2D eigenvalue weighted by atomic mass is 14.7. The molecule has 0 aliphatic rings. The largest absolute Gasteiger partial charge is 0.405 e. The highest BCUT2D eigenvalue weighted by molar-refractivity contribution is 5.78. The molecule has 0 spiro atoms. The van der Waals surface area contributed by atoms with Gasteiger partial charge in [-0.25, -0.2) is 0 Å². The van der Waals surface area contributed by atoms with Gasteiger partial charge < -0.3 is 5.73 Å². The van der Waals surface area contributed by atoms with Gasteiger partial charge in [-0.2, -0.15) is 0 Å². The van der Waals surface area contributed by atoms with Crippen LogP contribution in [0.15, 0.2) is 48.7 Å². The first kappa shape index (κ1) is 8.75. The SMILES string of the molecule is NC=CCc1ccc2ccccc2n1. The molecule has 2 heteroatoms. The highest BCUT2D eigenvalue weighted by Gasteiger charge is 1.95. The van der Waals surface area contributed by atoms with E-state index >= 15 is 0 Å². The van der Waals surface area contributed by atoms with Gasteiger partial charge in [0, 0.05) is 17.5 Å². The van der Waals surface area contributed by atoms with Crippen molar-refractivity contribution in [2.75, 3.05) is 0 Å². The Hall–Kier alpha value is -1.83. The predicted molar refractivity (Wildman–Crippen MR) is 58.8 cm³/mol. The van der Waals surface area contributed by atoms with Crippen molar-refractivity contribution in [3.8, 4) is 0 Å². The van der Waals surface area contributed by atoms with E-state index in [1.807, 2.05) is 30.3 Å². The summed E-state index contributed by atoms with van der Waals surface area (Å²) in [6, 6.07) is 12.2. The minimum absolute atomic E-state index is 0.793. The quantitative estimate of drug-likeness (QED) is 0.777. The molecule has 1 heterocycles. The Balaban J connectivity index is 2.41. The fraction of sp³-hybridized carbons (Fsp3) is 0.0833. The average molecular weight is 184 g/mol. The standard InChI is InChI=1S/C12H12N2/c13-9-3-5-11-8-7-10-4-1-2-6-12(10)14-11/h1-4,6-9H,5,13H2. The number of hydrogen-bond donors (Lipinski definition) is 1. The molecule has 2 N–H and O–H groups in total. The van der Waals surface area contributed by atoms with Crippen molar-refractivity contribution in [1.29, 1.82) is 0 Å². The molecule has 0 radical (unpaired) electrons. The molecule has 0 bridgehead atoms. The van der Waals surface area contributed by atoms with Crippen LogP contribution in [0.2, 0.25) is 0 Å². The van der Waals surface area contributed by atoms with E-state index in [9.17, 15) is 0 Å². The number of nitrogens with two attached hydrogens (primary N) is 1. The Labute approximate surface area is 83.1 Å². The lowest BCUT2D eigenvalue weighted by atomic mass is 10.2. The van der Waals surface area contributed by atoms with E-state index in [4.69, 9.17) is 5.73 Å². The van der Waals surface area contributed by atoms with E-state index in [0.717, 1.165) is 17.6 Å². The summed E-state index contributed by atoms with van der Waals surface area (Å²) in [7, 11) is 0. The Kier molecular flexibility index (Phi) is 2.45. The zero-order chi connectivity index (χ0) is 9.80. The topological polar surface area (TPSA) is 38.9 Å². The van der Waals surface area contributed by atoms with Crippen LogP contribution in [0.4, 0.5) is 0 Å². The summed E-state index contributed by atoms with van der Waals surface area (Å²) >= 11 is 0. The minimum atomic E-state index is 0.793. The summed E-state index contributed by atoms with van der Waals surface area (Å²) < 4.78 is 0. The van der Waals surface area contributed by atoms with Crippen molar-refractivity contribution in [3.05, 3.63) is 54.4 Å². The highest BCUT2D eigenvalue weighted by Crippen LogP contribution is 2.11. The second-order valence-electron chi connectivity index (χ2n) is 3.13. The van der Waals surface area contributed by atoms with Gasteiger partial charge in [-0.1, -0.05) is 30.3 Å². The van der Waals surface area contributed by atoms with Gasteiger partial charge in [0.1, 0.15) is 0 Å². The number of pyridine rings is 1. The van der Waals surface area contributed by atoms with E-state index in [-0.39, 0.29) is 0 Å². The lowest BCUT2D eigenvalue weighted by Crippen LogP contribution is -1.89. The number of rotatable bonds is 2. The smallest absolute Gasteiger partial charge is 0.0705 e. The van der Waals surface area contributed by atoms with Crippen LogP contribution in [0.25, 0.3) is 10.9 Å². The first-order valence-electron chi connectivity index (χ1n) is 4.61. The summed E-state index contributed by atoms with van der Waals surface area (Å²) in [6.45, 7) is 0. The molecular weight excluding hydrogens is 172 g/mol. The van der Waals surface area contributed by atoms with Crippen LogP contribution in [0.1, 0.15) is 5.69 Å². The number of para-hydroxylation sites is 1. The lowest BCUT2D eigenvalue weighted by Gasteiger charge is -1.99. The van der Waals surface area contributed by atoms with Gasteiger partial charge in [-0.15, -0.1) is 0 Å². The van der Waals surface area contributed by atoms with Crippen LogP contribution in [-0.4, -0.2) is 4.98 Å². The molecule has 2 aromatic rings. The van der Waals surface area contributed by atoms with E-state index in [1.54, 1.807) is 6.20 Å². The summed E-state index contributed by atoms with van der Waals surface area (Å²) in [5, 5.41) is 1.17. The maximum absolute atomic E-state index is 5.28. The third-order valence-electron chi connectivity index (χ3n) is 2.12. The predicted octanol–water partition coefficient (Wildman–Crippen LogP) is 2.25. The molecule has 70 valence electrons. The fourth-order valence-electron chi connectivity index (χ4n) is 1.41. The summed E-state index contributed by atoms with van der Waals surface area (Å²) in [5.41, 5.74) is 7.36. The van der Waals surface area contributed by atoms with Crippen molar-refractivity contribution in [2.24, 2.45) is 5.73 Å². The van der Waals surface area contributed by atoms with E-state index < -0.39 is 0 Å². The summed E-state index contributed by atoms with van der Waals surface area (Å²) in [4.78, 5) is 4.51. The van der Waals surface area contributed by atoms with Crippen LogP contribution in [0.3, 0.4) is 0 Å². The third kappa shape index (κ3) is 1.74. The van der Waals surface area contributed by atoms with Crippen LogP contribution >= 0.6 is 0 Å². The van der Waals surface area contributed by atoms with Crippen LogP contribution in [0.5, 0.6) is 0 Å². The van der Waals surface area contributed by atoms with Crippen LogP contribution in [0, 0.1) is 0 Å². The molecule has 0 fully saturated rings. The van der Waals surface area contributed by atoms with Gasteiger partial charge in [0.05, 0.1) is 5.52 Å². The van der Waals surface area contributed by atoms with Gasteiger partial charge in [0.2, 0.25) is 0 Å². The van der Waals surface area contributed by atoms with Crippen LogP contribution < -0.4 is 5.73 Å². The molecule has 1 aromatic heterocycles. The van der Waals surface area contributed by atoms with Crippen molar-refractivity contribution >= 4 is 10.9 Å². The molecule has 0 saturated carbocycles. The third-order valence-corrected chi connectivity index (χ3v) is 2.12. The maximum Gasteiger partial charge on any atom is 0.0705 e. The Bertz CT molecular complexity index is 461. The number of nitrogens with zero attached hydrogens (tertiary/aromatic N) is 1. The van der Waals surface area contributed by atoms with Gasteiger partial charge in [0.15, 0.2) is 0 Å². The van der Waals surface area contributed by atoms with Gasteiger partial charge in [-0.3, -0.25) is 4.98 Å². The van der Waals surface area contributed by atoms with Crippen LogP contribution in [-0.2, 0) is 6.42 Å². The minimum Gasteiger partial charge on any atom is -0.405 e. The zero-order valence-electron chi connectivity index (χ0n) is 7.85. The van der Waals surface area contributed by atoms with Crippen molar-refractivity contribution < 1.29 is 0 Å². The monoisotopic (exact) mass is 184 g/mol. The Morgan fingerprint density at radius 2 is 2.00 bits per heavy atom. The lowest BCUT2D eigenvalue weighted by molar-refractivity contribution is 1.14. The fourth-order valence-corrected chi connectivity index (χ4v) is 1.41. The van der Waals surface area contributed by atoms with Crippen molar-refractivity contribution in [3.63, 3.8) is 0 Å². The van der Waals surface area contributed by atoms with Crippen molar-refractivity contribution in [1.82, 2.24) is 4.98 Å². The molecule has 0 saturated heterocycles. The van der Waals surface area contributed by atoms with E-state index in [2.05, 4.69) is 17.1 Å². The molecular formula is C12H12N2. The number of benzene rings is 1. The van der Waals surface area contributed by atoms with E-state index in [1.165, 1.54) is 5.39 Å². The molecule has 0 unspecified atom stereocenters. The molecule has 14 heavy (non-hydrogen) atoms. The molecule has 0 amide bonds. The van der Waals surface area contributed by atoms with Crippen molar-refractivity contribution in [2.45, 2.75) is 6.42 Å². The second kappa shape index (κ2) is 3.92. The molecule has 0 aliphatic carbocycles. The first-order valence-corrected chi connectivity index (χ1v) is 4.61. The number of allylic oxidation sites excluding steroid dienone is 1. The summed E-state index contributed by atoms with van der Waals surface area (Å²) in [5.74, 6) is 0. The van der Waals surface area contributed by atoms with E-state index in [0.29, 0.717) is 0 Å². The number of fused-ring (bicyclic) bond motifs is 1. The van der Waals surface area contributed by atoms with Gasteiger partial charge >= 0.3 is 0 Å². The number of hydrogen-bond acceptors (Lipinski definition) is 2. The van der Waals surface area contributed by atoms with Gasteiger partial charge in [0.25, 0.3) is 0 Å². The first-order chi connectivity index (χ1) is 6.90. The molecule has 1 aromatic carbocycles. The molecule has 2 rings (SSSR count). The molecule has 2 nitrogen and oxygen atoms in total. The maximum atomic E-state index is 5.28. The molecule has 0 atom stereocenters. The summed E-state index contributed by atoms with van der Waals surface area (Å²) in [6.07, 6.45) is 4.25. The second-order valence-corrected chi connectivity index (χ2v) is 3.13. The Morgan fingerprint density at radius 1 is 1.14 bits per heavy atom. The van der Waals surface area contributed by atoms with Gasteiger partial charge in [-0.05, 0) is 18.3 Å². The average Bonchev–Trinajstić information content (AvgIpc) is 2.26. The normalized spacial score (nSPS) is 11.1. The molecule has 0 aliphatic heterocycles.